The molecule has 0 saturated carbocycles. The van der Waals surface area contributed by atoms with Crippen molar-refractivity contribution >= 4 is 23.3 Å². The van der Waals surface area contributed by atoms with E-state index < -0.39 is 5.97 Å². The number of carboxylic acids is 1. The zero-order chi connectivity index (χ0) is 11.5. The number of carboxylic acid groups (broad SMARTS) is 1. The zero-order valence-corrected chi connectivity index (χ0v) is 10.0. The highest BCUT2D eigenvalue weighted by Crippen LogP contribution is 1.96. The number of rotatable bonds is 8. The van der Waals surface area contributed by atoms with Gasteiger partial charge in [-0.25, -0.2) is 0 Å². The summed E-state index contributed by atoms with van der Waals surface area (Å²) in [6.07, 6.45) is 4.88. The molecule has 15 heavy (non-hydrogen) atoms. The number of aliphatic carboxylic acids is 1. The van der Waals surface area contributed by atoms with Crippen LogP contribution in [-0.4, -0.2) is 29.3 Å². The molecule has 0 aromatic rings. The molecule has 5 heteroatoms. The van der Waals surface area contributed by atoms with Gasteiger partial charge in [0.15, 0.2) is 5.11 Å². The first-order valence-electron chi connectivity index (χ1n) is 5.40. The Morgan fingerprint density at radius 2 is 1.87 bits per heavy atom. The van der Waals surface area contributed by atoms with Gasteiger partial charge in [0.05, 0.1) is 6.42 Å². The van der Waals surface area contributed by atoms with Crippen molar-refractivity contribution in [1.82, 2.24) is 10.6 Å². The summed E-state index contributed by atoms with van der Waals surface area (Å²) in [5.41, 5.74) is 0. The average molecular weight is 232 g/mol. The van der Waals surface area contributed by atoms with E-state index in [1.165, 1.54) is 19.3 Å². The highest BCUT2D eigenvalue weighted by atomic mass is 32.1. The van der Waals surface area contributed by atoms with Crippen LogP contribution in [0, 0.1) is 0 Å². The third kappa shape index (κ3) is 11.1. The summed E-state index contributed by atoms with van der Waals surface area (Å²) in [4.78, 5) is 10.2. The minimum atomic E-state index is -0.812. The van der Waals surface area contributed by atoms with Crippen molar-refractivity contribution in [3.63, 3.8) is 0 Å². The van der Waals surface area contributed by atoms with Gasteiger partial charge in [0, 0.05) is 13.1 Å². The summed E-state index contributed by atoms with van der Waals surface area (Å²) in [6.45, 7) is 3.42. The molecule has 0 aromatic carbocycles. The first-order chi connectivity index (χ1) is 7.16. The number of carbonyl (C=O) groups is 1. The standard InChI is InChI=1S/C10H20N2O2S/c1-2-3-4-5-7-11-10(15)12-8-6-9(13)14/h2-8H2,1H3,(H,13,14)(H2,11,12,15). The molecular weight excluding hydrogens is 212 g/mol. The fraction of sp³-hybridized carbons (Fsp3) is 0.800. The molecule has 0 aliphatic rings. The minimum Gasteiger partial charge on any atom is -0.481 e. The van der Waals surface area contributed by atoms with Crippen LogP contribution >= 0.6 is 12.2 Å². The summed E-state index contributed by atoms with van der Waals surface area (Å²) in [6, 6.07) is 0. The first-order valence-corrected chi connectivity index (χ1v) is 5.81. The lowest BCUT2D eigenvalue weighted by Gasteiger charge is -2.08. The van der Waals surface area contributed by atoms with E-state index in [0.29, 0.717) is 11.7 Å². The van der Waals surface area contributed by atoms with E-state index in [-0.39, 0.29) is 6.42 Å². The molecule has 0 unspecified atom stereocenters. The van der Waals surface area contributed by atoms with Crippen molar-refractivity contribution in [2.45, 2.75) is 39.0 Å². The van der Waals surface area contributed by atoms with E-state index in [1.807, 2.05) is 0 Å². The minimum absolute atomic E-state index is 0.0949. The Kier molecular flexibility index (Phi) is 9.16. The zero-order valence-electron chi connectivity index (χ0n) is 9.21. The van der Waals surface area contributed by atoms with E-state index in [1.54, 1.807) is 0 Å². The number of unbranched alkanes of at least 4 members (excludes halogenated alkanes) is 3. The normalized spacial score (nSPS) is 9.67. The van der Waals surface area contributed by atoms with Crippen LogP contribution < -0.4 is 10.6 Å². The fourth-order valence-corrected chi connectivity index (χ4v) is 1.30. The van der Waals surface area contributed by atoms with Crippen molar-refractivity contribution < 1.29 is 9.90 Å². The van der Waals surface area contributed by atoms with Gasteiger partial charge in [-0.3, -0.25) is 4.79 Å². The Bertz CT molecular complexity index is 198. The number of hydrogen-bond donors (Lipinski definition) is 3. The number of hydrogen-bond acceptors (Lipinski definition) is 2. The van der Waals surface area contributed by atoms with Crippen molar-refractivity contribution in [3.8, 4) is 0 Å². The van der Waals surface area contributed by atoms with Gasteiger partial charge in [0.2, 0.25) is 0 Å². The monoisotopic (exact) mass is 232 g/mol. The molecule has 3 N–H and O–H groups in total. The Morgan fingerprint density at radius 1 is 1.20 bits per heavy atom. The van der Waals surface area contributed by atoms with Gasteiger partial charge in [-0.15, -0.1) is 0 Å². The van der Waals surface area contributed by atoms with E-state index in [4.69, 9.17) is 17.3 Å². The van der Waals surface area contributed by atoms with E-state index in [0.717, 1.165) is 13.0 Å². The molecular formula is C10H20N2O2S. The lowest BCUT2D eigenvalue weighted by atomic mass is 10.2. The smallest absolute Gasteiger partial charge is 0.305 e. The second-order valence-corrected chi connectivity index (χ2v) is 3.80. The van der Waals surface area contributed by atoms with Crippen LogP contribution in [0.4, 0.5) is 0 Å². The van der Waals surface area contributed by atoms with Crippen LogP contribution in [0.3, 0.4) is 0 Å². The average Bonchev–Trinajstić information content (AvgIpc) is 2.17. The fourth-order valence-electron chi connectivity index (χ4n) is 1.10. The maximum absolute atomic E-state index is 10.2. The lowest BCUT2D eigenvalue weighted by molar-refractivity contribution is -0.136. The molecule has 0 aliphatic heterocycles. The van der Waals surface area contributed by atoms with Gasteiger partial charge in [-0.1, -0.05) is 26.2 Å². The van der Waals surface area contributed by atoms with E-state index in [2.05, 4.69) is 17.6 Å². The first kappa shape index (κ1) is 14.2. The van der Waals surface area contributed by atoms with Gasteiger partial charge >= 0.3 is 5.97 Å². The van der Waals surface area contributed by atoms with Crippen LogP contribution in [0.25, 0.3) is 0 Å². The van der Waals surface area contributed by atoms with Gasteiger partial charge in [0.1, 0.15) is 0 Å². The SMILES string of the molecule is CCCCCCNC(=S)NCCC(=O)O. The second-order valence-electron chi connectivity index (χ2n) is 3.39. The maximum atomic E-state index is 10.2. The summed E-state index contributed by atoms with van der Waals surface area (Å²) in [5.74, 6) is -0.812. The molecule has 0 bridgehead atoms. The van der Waals surface area contributed by atoms with Crippen molar-refractivity contribution in [1.29, 1.82) is 0 Å². The summed E-state index contributed by atoms with van der Waals surface area (Å²) in [7, 11) is 0. The molecule has 0 heterocycles. The largest absolute Gasteiger partial charge is 0.481 e. The molecule has 0 fully saturated rings. The predicted molar refractivity (Wildman–Crippen MR) is 65.0 cm³/mol. The molecule has 0 spiro atoms. The third-order valence-electron chi connectivity index (χ3n) is 1.94. The van der Waals surface area contributed by atoms with Crippen molar-refractivity contribution in [3.05, 3.63) is 0 Å². The number of thiocarbonyl (C=S) groups is 1. The van der Waals surface area contributed by atoms with Crippen LogP contribution in [0.2, 0.25) is 0 Å². The molecule has 0 aliphatic carbocycles. The van der Waals surface area contributed by atoms with Crippen molar-refractivity contribution in [2.75, 3.05) is 13.1 Å². The Morgan fingerprint density at radius 3 is 2.47 bits per heavy atom. The van der Waals surface area contributed by atoms with Crippen LogP contribution in [-0.2, 0) is 4.79 Å². The van der Waals surface area contributed by atoms with Crippen LogP contribution in [0.5, 0.6) is 0 Å². The molecule has 0 rings (SSSR count). The Balaban J connectivity index is 3.22. The Hall–Kier alpha value is -0.840. The summed E-state index contributed by atoms with van der Waals surface area (Å²) >= 11 is 4.97. The highest BCUT2D eigenvalue weighted by Gasteiger charge is 1.97. The van der Waals surface area contributed by atoms with Crippen LogP contribution in [0.15, 0.2) is 0 Å². The van der Waals surface area contributed by atoms with Gasteiger partial charge in [-0.05, 0) is 18.6 Å². The van der Waals surface area contributed by atoms with E-state index in [9.17, 15) is 4.79 Å². The van der Waals surface area contributed by atoms with Crippen molar-refractivity contribution in [2.24, 2.45) is 0 Å². The third-order valence-corrected chi connectivity index (χ3v) is 2.23. The second kappa shape index (κ2) is 9.71. The topological polar surface area (TPSA) is 61.4 Å². The van der Waals surface area contributed by atoms with Gasteiger partial charge in [-0.2, -0.15) is 0 Å². The van der Waals surface area contributed by atoms with Gasteiger partial charge in [0.25, 0.3) is 0 Å². The number of nitrogens with one attached hydrogen (secondary N) is 2. The molecule has 4 nitrogen and oxygen atoms in total. The van der Waals surface area contributed by atoms with Crippen LogP contribution in [0.1, 0.15) is 39.0 Å². The lowest BCUT2D eigenvalue weighted by Crippen LogP contribution is -2.36. The summed E-state index contributed by atoms with van der Waals surface area (Å²) in [5, 5.41) is 14.8. The molecule has 0 atom stereocenters. The Labute approximate surface area is 96.4 Å². The molecule has 0 amide bonds. The summed E-state index contributed by atoms with van der Waals surface area (Å²) < 4.78 is 0. The molecule has 88 valence electrons. The quantitative estimate of drug-likeness (QED) is 0.437. The molecule has 0 aromatic heterocycles. The van der Waals surface area contributed by atoms with E-state index >= 15 is 0 Å². The molecule has 0 saturated heterocycles. The molecule has 0 radical (unpaired) electrons. The maximum Gasteiger partial charge on any atom is 0.305 e. The predicted octanol–water partition coefficient (Wildman–Crippen LogP) is 1.51. The highest BCUT2D eigenvalue weighted by molar-refractivity contribution is 7.80. The van der Waals surface area contributed by atoms with Gasteiger partial charge < -0.3 is 15.7 Å².